The summed E-state index contributed by atoms with van der Waals surface area (Å²) >= 11 is 0. The van der Waals surface area contributed by atoms with E-state index in [1.54, 1.807) is 6.92 Å². The van der Waals surface area contributed by atoms with Crippen LogP contribution in [0, 0.1) is 0 Å². The lowest BCUT2D eigenvalue weighted by atomic mass is 10.4. The molecule has 0 aromatic carbocycles. The van der Waals surface area contributed by atoms with Crippen LogP contribution in [0.3, 0.4) is 0 Å². The van der Waals surface area contributed by atoms with Crippen molar-refractivity contribution in [1.82, 2.24) is 0 Å². The Kier molecular flexibility index (Phi) is 9.19. The van der Waals surface area contributed by atoms with Gasteiger partial charge in [-0.1, -0.05) is 6.58 Å². The minimum Gasteiger partial charge on any atom is -0.460 e. The molecule has 0 aromatic heterocycles. The summed E-state index contributed by atoms with van der Waals surface area (Å²) in [5.41, 5.74) is 0.379. The fourth-order valence-electron chi connectivity index (χ4n) is 2.54. The fraction of sp³-hybridized carbons (Fsp3) is 0.800. The standard InChI is InChI=1S/C15H36O6Si4/c1-14(2)15(16)17-12-13-18-23(6,7)20-25(10,11)21-24(8,9)19-22(3,4)5/h1,12-13H2,2-11H3. The quantitative estimate of drug-likeness (QED) is 0.215. The van der Waals surface area contributed by atoms with Gasteiger partial charge in [-0.05, 0) is 65.8 Å². The summed E-state index contributed by atoms with van der Waals surface area (Å²) < 4.78 is 29.8. The van der Waals surface area contributed by atoms with Gasteiger partial charge in [0.2, 0.25) is 0 Å². The van der Waals surface area contributed by atoms with E-state index in [2.05, 4.69) is 39.3 Å². The normalized spacial score (nSPS) is 13.7. The summed E-state index contributed by atoms with van der Waals surface area (Å²) in [4.78, 5) is 11.4. The first-order chi connectivity index (χ1) is 10.9. The highest BCUT2D eigenvalue weighted by molar-refractivity contribution is 6.88. The van der Waals surface area contributed by atoms with Gasteiger partial charge in [-0.3, -0.25) is 0 Å². The van der Waals surface area contributed by atoms with Gasteiger partial charge in [0, 0.05) is 5.57 Å². The van der Waals surface area contributed by atoms with Gasteiger partial charge >= 0.3 is 31.7 Å². The second-order valence-electron chi connectivity index (χ2n) is 8.38. The Labute approximate surface area is 157 Å². The molecule has 0 bridgehead atoms. The minimum absolute atomic E-state index is 0.188. The average molecular weight is 425 g/mol. The van der Waals surface area contributed by atoms with E-state index in [1.807, 2.05) is 26.2 Å². The predicted molar refractivity (Wildman–Crippen MR) is 111 cm³/mol. The molecule has 25 heavy (non-hydrogen) atoms. The van der Waals surface area contributed by atoms with E-state index in [9.17, 15) is 4.79 Å². The Bertz CT molecular complexity index is 471. The van der Waals surface area contributed by atoms with Gasteiger partial charge in [-0.15, -0.1) is 0 Å². The van der Waals surface area contributed by atoms with Crippen molar-refractivity contribution in [3.05, 3.63) is 12.2 Å². The lowest BCUT2D eigenvalue weighted by Crippen LogP contribution is -2.56. The highest BCUT2D eigenvalue weighted by Gasteiger charge is 2.43. The molecule has 0 fully saturated rings. The highest BCUT2D eigenvalue weighted by atomic mass is 28.5. The molecule has 0 atom stereocenters. The second kappa shape index (κ2) is 9.22. The van der Waals surface area contributed by atoms with Crippen molar-refractivity contribution in [2.75, 3.05) is 13.2 Å². The predicted octanol–water partition coefficient (Wildman–Crippen LogP) is 4.11. The van der Waals surface area contributed by atoms with Crippen LogP contribution in [0.5, 0.6) is 0 Å². The SMILES string of the molecule is C=C(C)C(=O)OCCO[Si](C)(C)O[Si](C)(C)O[Si](C)(C)O[Si](C)(C)C. The van der Waals surface area contributed by atoms with Crippen LogP contribution in [0.25, 0.3) is 0 Å². The number of esters is 1. The monoisotopic (exact) mass is 424 g/mol. The van der Waals surface area contributed by atoms with Crippen LogP contribution in [0.4, 0.5) is 0 Å². The topological polar surface area (TPSA) is 63.2 Å². The van der Waals surface area contributed by atoms with Crippen molar-refractivity contribution in [3.63, 3.8) is 0 Å². The van der Waals surface area contributed by atoms with E-state index in [0.717, 1.165) is 0 Å². The van der Waals surface area contributed by atoms with Crippen molar-refractivity contribution in [1.29, 1.82) is 0 Å². The van der Waals surface area contributed by atoms with Crippen LogP contribution < -0.4 is 0 Å². The van der Waals surface area contributed by atoms with Crippen molar-refractivity contribution >= 4 is 40.0 Å². The molecule has 0 N–H and O–H groups in total. The summed E-state index contributed by atoms with van der Waals surface area (Å²) in [6.07, 6.45) is 0. The van der Waals surface area contributed by atoms with Crippen LogP contribution in [0.2, 0.25) is 58.9 Å². The van der Waals surface area contributed by atoms with Gasteiger partial charge in [0.05, 0.1) is 6.61 Å². The smallest absolute Gasteiger partial charge is 0.333 e. The number of carbonyl (C=O) groups excluding carboxylic acids is 1. The largest absolute Gasteiger partial charge is 0.460 e. The number of hydrogen-bond donors (Lipinski definition) is 0. The van der Waals surface area contributed by atoms with E-state index in [0.29, 0.717) is 12.2 Å². The van der Waals surface area contributed by atoms with Crippen LogP contribution in [0.1, 0.15) is 6.92 Å². The molecule has 148 valence electrons. The summed E-state index contributed by atoms with van der Waals surface area (Å²) in [6, 6.07) is 0. The van der Waals surface area contributed by atoms with Gasteiger partial charge in [0.1, 0.15) is 6.61 Å². The van der Waals surface area contributed by atoms with E-state index >= 15 is 0 Å². The Morgan fingerprint density at radius 2 is 1.20 bits per heavy atom. The third kappa shape index (κ3) is 12.8. The van der Waals surface area contributed by atoms with Crippen molar-refractivity contribution < 1.29 is 26.3 Å². The molecule has 0 spiro atoms. The number of hydrogen-bond acceptors (Lipinski definition) is 6. The van der Waals surface area contributed by atoms with Crippen molar-refractivity contribution in [2.24, 2.45) is 0 Å². The molecule has 0 radical (unpaired) electrons. The fourth-order valence-corrected chi connectivity index (χ4v) is 19.8. The van der Waals surface area contributed by atoms with Gasteiger partial charge in [-0.25, -0.2) is 4.79 Å². The van der Waals surface area contributed by atoms with Crippen LogP contribution in [-0.2, 0) is 26.3 Å². The molecule has 0 rings (SSSR count). The number of carbonyl (C=O) groups is 1. The molecule has 0 saturated carbocycles. The third-order valence-electron chi connectivity index (χ3n) is 2.65. The number of rotatable bonds is 11. The molecule has 0 aliphatic rings. The number of ether oxygens (including phenoxy) is 1. The lowest BCUT2D eigenvalue weighted by Gasteiger charge is -2.39. The molecule has 0 heterocycles. The lowest BCUT2D eigenvalue weighted by molar-refractivity contribution is -0.139. The molecule has 0 unspecified atom stereocenters. The molecular weight excluding hydrogens is 389 g/mol. The maximum atomic E-state index is 11.4. The highest BCUT2D eigenvalue weighted by Crippen LogP contribution is 2.24. The zero-order chi connectivity index (χ0) is 20.1. The Morgan fingerprint density at radius 3 is 1.64 bits per heavy atom. The van der Waals surface area contributed by atoms with Crippen molar-refractivity contribution in [2.45, 2.75) is 65.8 Å². The molecule has 0 saturated heterocycles. The second-order valence-corrected chi connectivity index (χ2v) is 23.7. The maximum absolute atomic E-state index is 11.4. The van der Waals surface area contributed by atoms with Crippen LogP contribution in [-0.4, -0.2) is 53.2 Å². The Balaban J connectivity index is 4.54. The van der Waals surface area contributed by atoms with Crippen LogP contribution in [0.15, 0.2) is 12.2 Å². The first-order valence-electron chi connectivity index (χ1n) is 8.52. The molecule has 0 aliphatic heterocycles. The zero-order valence-electron chi connectivity index (χ0n) is 17.6. The zero-order valence-corrected chi connectivity index (χ0v) is 21.6. The summed E-state index contributed by atoms with van der Waals surface area (Å²) in [7, 11) is -8.72. The molecular formula is C15H36O6Si4. The van der Waals surface area contributed by atoms with E-state index in [1.165, 1.54) is 0 Å². The van der Waals surface area contributed by atoms with Gasteiger partial charge in [-0.2, -0.15) is 0 Å². The Morgan fingerprint density at radius 1 is 0.760 bits per heavy atom. The van der Waals surface area contributed by atoms with Gasteiger partial charge in [0.25, 0.3) is 0 Å². The first kappa shape index (κ1) is 24.9. The van der Waals surface area contributed by atoms with E-state index < -0.39 is 40.0 Å². The van der Waals surface area contributed by atoms with E-state index in [-0.39, 0.29) is 6.61 Å². The van der Waals surface area contributed by atoms with Crippen molar-refractivity contribution in [3.8, 4) is 0 Å². The van der Waals surface area contributed by atoms with Crippen LogP contribution >= 0.6 is 0 Å². The molecule has 0 amide bonds. The summed E-state index contributed by atoms with van der Waals surface area (Å²) in [5.74, 6) is -0.404. The van der Waals surface area contributed by atoms with Gasteiger partial charge in [0.15, 0.2) is 8.32 Å². The molecule has 0 aromatic rings. The minimum atomic E-state index is -2.40. The first-order valence-corrected chi connectivity index (χ1v) is 20.4. The molecule has 0 aliphatic carbocycles. The average Bonchev–Trinajstić information content (AvgIpc) is 2.27. The summed E-state index contributed by atoms with van der Waals surface area (Å²) in [6.45, 7) is 24.2. The summed E-state index contributed by atoms with van der Waals surface area (Å²) in [5, 5.41) is 0. The molecule has 6 nitrogen and oxygen atoms in total. The molecule has 10 heteroatoms. The van der Waals surface area contributed by atoms with E-state index in [4.69, 9.17) is 21.5 Å². The third-order valence-corrected chi connectivity index (χ3v) is 15.8. The Hall–Kier alpha value is -0.0825. The van der Waals surface area contributed by atoms with Gasteiger partial charge < -0.3 is 21.5 Å². The maximum Gasteiger partial charge on any atom is 0.333 e.